The Balaban J connectivity index is 1.85. The third kappa shape index (κ3) is 7.76. The quantitative estimate of drug-likeness (QED) is 0.410. The summed E-state index contributed by atoms with van der Waals surface area (Å²) >= 11 is 0. The zero-order chi connectivity index (χ0) is 27.1. The highest BCUT2D eigenvalue weighted by Crippen LogP contribution is 2.48. The Kier molecular flexibility index (Phi) is 9.67. The Morgan fingerprint density at radius 3 is 1.76 bits per heavy atom. The van der Waals surface area contributed by atoms with Gasteiger partial charge >= 0.3 is 5.97 Å². The lowest BCUT2D eigenvalue weighted by molar-refractivity contribution is -0.141. The summed E-state index contributed by atoms with van der Waals surface area (Å²) in [7, 11) is -2.34. The molecule has 8 heteroatoms. The van der Waals surface area contributed by atoms with Crippen molar-refractivity contribution in [3.8, 4) is 0 Å². The molecular formula is C29H41N3O4Si. The molecule has 3 atom stereocenters. The molecule has 7 nitrogen and oxygen atoms in total. The molecular weight excluding hydrogens is 482 g/mol. The number of benzene rings is 2. The van der Waals surface area contributed by atoms with Gasteiger partial charge in [-0.1, -0.05) is 94.3 Å². The Bertz CT molecular complexity index is 1050. The van der Waals surface area contributed by atoms with Crippen molar-refractivity contribution in [1.82, 2.24) is 10.6 Å². The number of nitrogens with two attached hydrogens (primary N) is 1. The number of rotatable bonds is 10. The van der Waals surface area contributed by atoms with E-state index in [0.29, 0.717) is 6.42 Å². The van der Waals surface area contributed by atoms with Crippen LogP contribution in [0.5, 0.6) is 0 Å². The second-order valence-corrected chi connectivity index (χ2v) is 15.9. The van der Waals surface area contributed by atoms with Gasteiger partial charge in [-0.05, 0) is 35.2 Å². The monoisotopic (exact) mass is 523 g/mol. The van der Waals surface area contributed by atoms with E-state index < -0.39 is 44.2 Å². The summed E-state index contributed by atoms with van der Waals surface area (Å²) < 4.78 is 6.39. The second-order valence-electron chi connectivity index (χ2n) is 11.2. The number of carbonyl (C=O) groups excluding carboxylic acids is 3. The first-order chi connectivity index (χ1) is 17.5. The van der Waals surface area contributed by atoms with Crippen molar-refractivity contribution in [2.45, 2.75) is 88.6 Å². The van der Waals surface area contributed by atoms with Gasteiger partial charge in [0.05, 0.1) is 6.04 Å². The van der Waals surface area contributed by atoms with Crippen LogP contribution in [0.1, 0.15) is 51.7 Å². The molecule has 1 heterocycles. The fourth-order valence-corrected chi connectivity index (χ4v) is 9.32. The van der Waals surface area contributed by atoms with E-state index >= 15 is 0 Å². The van der Waals surface area contributed by atoms with E-state index in [1.165, 1.54) is 0 Å². The van der Waals surface area contributed by atoms with Gasteiger partial charge in [0.2, 0.25) is 11.8 Å². The maximum absolute atomic E-state index is 13.7. The zero-order valence-electron chi connectivity index (χ0n) is 22.5. The summed E-state index contributed by atoms with van der Waals surface area (Å²) in [6.45, 7) is 8.03. The average molecular weight is 524 g/mol. The van der Waals surface area contributed by atoms with Crippen molar-refractivity contribution in [3.05, 3.63) is 71.8 Å². The molecule has 3 rings (SSSR count). The molecule has 2 aromatic carbocycles. The number of hydrogen-bond acceptors (Lipinski definition) is 5. The van der Waals surface area contributed by atoms with Crippen LogP contribution in [0.4, 0.5) is 0 Å². The van der Waals surface area contributed by atoms with E-state index in [-0.39, 0.29) is 11.5 Å². The molecule has 200 valence electrons. The van der Waals surface area contributed by atoms with E-state index in [1.54, 1.807) is 6.92 Å². The number of amides is 2. The zero-order valence-corrected chi connectivity index (χ0v) is 23.5. The Morgan fingerprint density at radius 2 is 1.30 bits per heavy atom. The van der Waals surface area contributed by atoms with Gasteiger partial charge in [0.15, 0.2) is 0 Å². The summed E-state index contributed by atoms with van der Waals surface area (Å²) in [5, 5.41) is 5.59. The van der Waals surface area contributed by atoms with E-state index in [2.05, 4.69) is 31.4 Å². The lowest BCUT2D eigenvalue weighted by Crippen LogP contribution is -2.57. The van der Waals surface area contributed by atoms with E-state index in [1.807, 2.05) is 60.7 Å². The fraction of sp³-hybridized carbons (Fsp3) is 0.483. The molecule has 4 N–H and O–H groups in total. The predicted octanol–water partition coefficient (Wildman–Crippen LogP) is 3.87. The number of hydrogen-bond donors (Lipinski definition) is 3. The first-order valence-corrected chi connectivity index (χ1v) is 15.5. The highest BCUT2D eigenvalue weighted by Gasteiger charge is 2.52. The molecule has 0 radical (unpaired) electrons. The maximum Gasteiger partial charge on any atom is 0.315 e. The molecule has 0 bridgehead atoms. The minimum atomic E-state index is -2.34. The van der Waals surface area contributed by atoms with Crippen LogP contribution in [-0.4, -0.2) is 44.2 Å². The highest BCUT2D eigenvalue weighted by atomic mass is 28.4. The van der Waals surface area contributed by atoms with Crippen molar-refractivity contribution in [2.24, 2.45) is 5.73 Å². The first-order valence-electron chi connectivity index (χ1n) is 13.2. The van der Waals surface area contributed by atoms with Crippen LogP contribution in [0.3, 0.4) is 0 Å². The van der Waals surface area contributed by atoms with Gasteiger partial charge in [0, 0.05) is 12.8 Å². The summed E-state index contributed by atoms with van der Waals surface area (Å²) in [4.78, 5) is 39.7. The molecule has 0 aliphatic carbocycles. The standard InChI is InChI=1S/C29H41N3O4Si/c1-21(30)26(33)31-24(19-22-13-7-5-8-14-22)27(34)32-25(20-23-15-9-6-10-16-23)28(35)36-37(29(2,3)4)17-11-12-18-37/h5-10,13-16,21,24-25H,11-12,17-20,30H2,1-4H3,(H,31,33)(H,32,34)/t21-,24-,25-/m0/s1. The van der Waals surface area contributed by atoms with E-state index in [9.17, 15) is 14.4 Å². The molecule has 2 aromatic rings. The molecule has 2 amide bonds. The predicted molar refractivity (Wildman–Crippen MR) is 148 cm³/mol. The summed E-state index contributed by atoms with van der Waals surface area (Å²) in [6.07, 6.45) is 2.71. The van der Waals surface area contributed by atoms with Crippen molar-refractivity contribution in [2.75, 3.05) is 0 Å². The third-order valence-corrected chi connectivity index (χ3v) is 12.9. The van der Waals surface area contributed by atoms with Gasteiger partial charge in [-0.3, -0.25) is 14.4 Å². The summed E-state index contributed by atoms with van der Waals surface area (Å²) in [5.74, 6) is -1.25. The van der Waals surface area contributed by atoms with Gasteiger partial charge in [-0.2, -0.15) is 0 Å². The van der Waals surface area contributed by atoms with Gasteiger partial charge in [0.25, 0.3) is 8.32 Å². The smallest absolute Gasteiger partial charge is 0.315 e. The number of nitrogens with one attached hydrogen (secondary N) is 2. The third-order valence-electron chi connectivity index (χ3n) is 7.29. The molecule has 0 unspecified atom stereocenters. The molecule has 0 aromatic heterocycles. The molecule has 0 saturated carbocycles. The average Bonchev–Trinajstić information content (AvgIpc) is 3.34. The fourth-order valence-electron chi connectivity index (χ4n) is 4.89. The summed E-state index contributed by atoms with van der Waals surface area (Å²) in [5.41, 5.74) is 7.57. The molecule has 0 spiro atoms. The van der Waals surface area contributed by atoms with Crippen molar-refractivity contribution >= 4 is 26.1 Å². The van der Waals surface area contributed by atoms with Crippen LogP contribution in [0.25, 0.3) is 0 Å². The summed E-state index contributed by atoms with van der Waals surface area (Å²) in [6, 6.07) is 18.4. The van der Waals surface area contributed by atoms with Crippen LogP contribution >= 0.6 is 0 Å². The van der Waals surface area contributed by atoms with Gasteiger partial charge < -0.3 is 20.8 Å². The van der Waals surface area contributed by atoms with Gasteiger partial charge in [-0.15, -0.1) is 0 Å². The largest absolute Gasteiger partial charge is 0.517 e. The van der Waals surface area contributed by atoms with Crippen LogP contribution in [0, 0.1) is 0 Å². The molecule has 1 fully saturated rings. The van der Waals surface area contributed by atoms with Crippen molar-refractivity contribution in [1.29, 1.82) is 0 Å². The molecule has 37 heavy (non-hydrogen) atoms. The Morgan fingerprint density at radius 1 is 0.838 bits per heavy atom. The van der Waals surface area contributed by atoms with Crippen LogP contribution in [0.2, 0.25) is 17.1 Å². The lowest BCUT2D eigenvalue weighted by Gasteiger charge is -2.39. The van der Waals surface area contributed by atoms with Crippen molar-refractivity contribution < 1.29 is 18.8 Å². The minimum Gasteiger partial charge on any atom is -0.517 e. The van der Waals surface area contributed by atoms with Crippen molar-refractivity contribution in [3.63, 3.8) is 0 Å². The maximum atomic E-state index is 13.7. The molecule has 1 saturated heterocycles. The van der Waals surface area contributed by atoms with Gasteiger partial charge in [-0.25, -0.2) is 0 Å². The van der Waals surface area contributed by atoms with Crippen LogP contribution in [-0.2, 0) is 31.7 Å². The lowest BCUT2D eigenvalue weighted by atomic mass is 10.0. The Hall–Kier alpha value is -2.97. The normalized spacial score (nSPS) is 17.3. The Labute approximate surface area is 221 Å². The second kappa shape index (κ2) is 12.5. The van der Waals surface area contributed by atoms with Crippen LogP contribution < -0.4 is 16.4 Å². The SMILES string of the molecule is C[C@H](N)C(=O)N[C@@H](Cc1ccccc1)C(=O)N[C@@H](Cc1ccccc1)C(=O)O[Si]1(C(C)(C)C)CCCC1. The first kappa shape index (κ1) is 28.6. The topological polar surface area (TPSA) is 111 Å². The van der Waals surface area contributed by atoms with Gasteiger partial charge in [0.1, 0.15) is 12.1 Å². The molecule has 1 aliphatic rings. The number of carbonyl (C=O) groups is 3. The van der Waals surface area contributed by atoms with E-state index in [0.717, 1.165) is 36.1 Å². The minimum absolute atomic E-state index is 0.0957. The van der Waals surface area contributed by atoms with Crippen LogP contribution in [0.15, 0.2) is 60.7 Å². The van der Waals surface area contributed by atoms with E-state index in [4.69, 9.17) is 10.2 Å². The highest BCUT2D eigenvalue weighted by molar-refractivity contribution is 6.78. The molecule has 1 aliphatic heterocycles.